The second kappa shape index (κ2) is 7.65. The van der Waals surface area contributed by atoms with E-state index in [1.54, 1.807) is 12.1 Å². The van der Waals surface area contributed by atoms with Crippen molar-refractivity contribution in [3.63, 3.8) is 0 Å². The van der Waals surface area contributed by atoms with Crippen LogP contribution < -0.4 is 5.32 Å². The third-order valence-electron chi connectivity index (χ3n) is 6.49. The van der Waals surface area contributed by atoms with E-state index in [4.69, 9.17) is 4.74 Å². The number of hydrogen-bond acceptors (Lipinski definition) is 3. The average molecular weight is 360 g/mol. The van der Waals surface area contributed by atoms with E-state index in [0.717, 1.165) is 76.9 Å². The van der Waals surface area contributed by atoms with Gasteiger partial charge in [-0.1, -0.05) is 12.1 Å². The summed E-state index contributed by atoms with van der Waals surface area (Å²) in [7, 11) is 0. The maximum absolute atomic E-state index is 13.1. The maximum Gasteiger partial charge on any atom is 0.230 e. The van der Waals surface area contributed by atoms with E-state index >= 15 is 0 Å². The Morgan fingerprint density at radius 1 is 1.12 bits per heavy atom. The van der Waals surface area contributed by atoms with Gasteiger partial charge >= 0.3 is 0 Å². The number of carbonyl (C=O) groups is 1. The predicted molar refractivity (Wildman–Crippen MR) is 98.5 cm³/mol. The van der Waals surface area contributed by atoms with E-state index in [1.165, 1.54) is 12.1 Å². The molecule has 1 aliphatic carbocycles. The lowest BCUT2D eigenvalue weighted by Crippen LogP contribution is -2.46. The molecule has 0 radical (unpaired) electrons. The first-order valence-electron chi connectivity index (χ1n) is 10.0. The van der Waals surface area contributed by atoms with Crippen molar-refractivity contribution in [1.29, 1.82) is 0 Å². The van der Waals surface area contributed by atoms with Crippen LogP contribution in [0.2, 0.25) is 0 Å². The molecular formula is C21H29FN2O2. The van der Waals surface area contributed by atoms with E-state index in [1.807, 2.05) is 0 Å². The molecule has 0 atom stereocenters. The lowest BCUT2D eigenvalue weighted by atomic mass is 9.92. The molecule has 4 rings (SSSR count). The van der Waals surface area contributed by atoms with Crippen molar-refractivity contribution in [2.75, 3.05) is 32.8 Å². The zero-order valence-corrected chi connectivity index (χ0v) is 15.4. The molecular weight excluding hydrogens is 331 g/mol. The molecule has 4 nitrogen and oxygen atoms in total. The molecule has 0 spiro atoms. The van der Waals surface area contributed by atoms with Gasteiger partial charge in [0.15, 0.2) is 0 Å². The van der Waals surface area contributed by atoms with Gasteiger partial charge in [-0.2, -0.15) is 0 Å². The van der Waals surface area contributed by atoms with Crippen LogP contribution in [0.25, 0.3) is 0 Å². The normalized spacial score (nSPS) is 24.3. The highest BCUT2D eigenvalue weighted by Gasteiger charge is 2.51. The first kappa shape index (κ1) is 17.9. The summed E-state index contributed by atoms with van der Waals surface area (Å²) in [6.45, 7) is 4.82. The van der Waals surface area contributed by atoms with Crippen molar-refractivity contribution >= 4 is 5.91 Å². The van der Waals surface area contributed by atoms with Gasteiger partial charge in [-0.15, -0.1) is 0 Å². The number of ether oxygens (including phenoxy) is 1. The number of nitrogens with zero attached hydrogens (tertiary/aromatic N) is 1. The van der Waals surface area contributed by atoms with E-state index in [9.17, 15) is 9.18 Å². The summed E-state index contributed by atoms with van der Waals surface area (Å²) in [5.41, 5.74) is 0.544. The van der Waals surface area contributed by atoms with Crippen molar-refractivity contribution in [1.82, 2.24) is 10.2 Å². The maximum atomic E-state index is 13.1. The monoisotopic (exact) mass is 360 g/mol. The summed E-state index contributed by atoms with van der Waals surface area (Å²) in [4.78, 5) is 15.4. The van der Waals surface area contributed by atoms with Gasteiger partial charge in [0.25, 0.3) is 0 Å². The van der Waals surface area contributed by atoms with Crippen LogP contribution in [-0.2, 0) is 14.9 Å². The minimum absolute atomic E-state index is 0.121. The lowest BCUT2D eigenvalue weighted by Gasteiger charge is -2.39. The number of amides is 1. The number of nitrogens with one attached hydrogen (secondary N) is 1. The average Bonchev–Trinajstić information content (AvgIpc) is 3.50. The highest BCUT2D eigenvalue weighted by molar-refractivity contribution is 5.91. The fourth-order valence-corrected chi connectivity index (χ4v) is 4.52. The number of rotatable bonds is 5. The van der Waals surface area contributed by atoms with Crippen LogP contribution in [0, 0.1) is 11.7 Å². The molecule has 1 aromatic carbocycles. The quantitative estimate of drug-likeness (QED) is 0.878. The Labute approximate surface area is 155 Å². The largest absolute Gasteiger partial charge is 0.381 e. The van der Waals surface area contributed by atoms with Gasteiger partial charge in [0.05, 0.1) is 5.41 Å². The van der Waals surface area contributed by atoms with E-state index < -0.39 is 5.41 Å². The zero-order valence-electron chi connectivity index (χ0n) is 15.4. The van der Waals surface area contributed by atoms with Crippen LogP contribution in [0.1, 0.15) is 44.1 Å². The van der Waals surface area contributed by atoms with Crippen LogP contribution in [0.5, 0.6) is 0 Å². The summed E-state index contributed by atoms with van der Waals surface area (Å²) in [5.74, 6) is 0.441. The summed E-state index contributed by atoms with van der Waals surface area (Å²) in [6.07, 6.45) is 6.35. The minimum atomic E-state index is -0.406. The molecule has 2 aliphatic heterocycles. The second-order valence-electron chi connectivity index (χ2n) is 8.12. The Bertz CT molecular complexity index is 615. The van der Waals surface area contributed by atoms with Gasteiger partial charge in [0.2, 0.25) is 5.91 Å². The number of halogens is 1. The van der Waals surface area contributed by atoms with Crippen LogP contribution in [0.4, 0.5) is 4.39 Å². The fraction of sp³-hybridized carbons (Fsp3) is 0.667. The van der Waals surface area contributed by atoms with Gasteiger partial charge in [0.1, 0.15) is 5.82 Å². The molecule has 1 aromatic rings. The Morgan fingerprint density at radius 2 is 1.77 bits per heavy atom. The van der Waals surface area contributed by atoms with Crippen LogP contribution in [0.3, 0.4) is 0 Å². The Balaban J connectivity index is 1.24. The summed E-state index contributed by atoms with van der Waals surface area (Å²) in [6, 6.07) is 7.11. The fourth-order valence-electron chi connectivity index (χ4n) is 4.52. The molecule has 0 aromatic heterocycles. The molecule has 1 saturated carbocycles. The second-order valence-corrected chi connectivity index (χ2v) is 8.12. The third kappa shape index (κ3) is 3.79. The molecule has 142 valence electrons. The van der Waals surface area contributed by atoms with Gasteiger partial charge in [-0.25, -0.2) is 4.39 Å². The molecule has 3 fully saturated rings. The van der Waals surface area contributed by atoms with Crippen molar-refractivity contribution in [2.45, 2.75) is 50.0 Å². The molecule has 1 amide bonds. The van der Waals surface area contributed by atoms with E-state index in [2.05, 4.69) is 10.2 Å². The van der Waals surface area contributed by atoms with Crippen molar-refractivity contribution < 1.29 is 13.9 Å². The van der Waals surface area contributed by atoms with Crippen LogP contribution in [-0.4, -0.2) is 49.7 Å². The minimum Gasteiger partial charge on any atom is -0.381 e. The molecule has 5 heteroatoms. The summed E-state index contributed by atoms with van der Waals surface area (Å²) >= 11 is 0. The molecule has 2 heterocycles. The first-order chi connectivity index (χ1) is 12.7. The number of hydrogen-bond donors (Lipinski definition) is 1. The Kier molecular flexibility index (Phi) is 5.28. The predicted octanol–water partition coefficient (Wildman–Crippen LogP) is 2.86. The van der Waals surface area contributed by atoms with Crippen LogP contribution in [0.15, 0.2) is 24.3 Å². The summed E-state index contributed by atoms with van der Waals surface area (Å²) < 4.78 is 18.6. The molecule has 0 unspecified atom stereocenters. The van der Waals surface area contributed by atoms with Crippen molar-refractivity contribution in [3.8, 4) is 0 Å². The zero-order chi connectivity index (χ0) is 18.0. The number of likely N-dealkylation sites (tertiary alicyclic amines) is 1. The standard InChI is InChI=1S/C21H29FN2O2/c22-18-3-1-17(2-4-18)21(9-10-21)20(25)23-15-16-5-11-24(12-6-16)19-7-13-26-14-8-19/h1-4,16,19H,5-15H2,(H,23,25). The molecule has 1 N–H and O–H groups in total. The van der Waals surface area contributed by atoms with Gasteiger partial charge in [0, 0.05) is 25.8 Å². The molecule has 2 saturated heterocycles. The van der Waals surface area contributed by atoms with Gasteiger partial charge < -0.3 is 15.0 Å². The lowest BCUT2D eigenvalue weighted by molar-refractivity contribution is -0.123. The summed E-state index contributed by atoms with van der Waals surface area (Å²) in [5, 5.41) is 3.19. The number of piperidine rings is 1. The number of benzene rings is 1. The smallest absolute Gasteiger partial charge is 0.230 e. The SMILES string of the molecule is O=C(NCC1CCN(C2CCOCC2)CC1)C1(c2ccc(F)cc2)CC1. The van der Waals surface area contributed by atoms with Crippen molar-refractivity contribution in [2.24, 2.45) is 5.92 Å². The van der Waals surface area contributed by atoms with Gasteiger partial charge in [-0.3, -0.25) is 4.79 Å². The highest BCUT2D eigenvalue weighted by atomic mass is 19.1. The number of carbonyl (C=O) groups excluding carboxylic acids is 1. The molecule has 3 aliphatic rings. The third-order valence-corrected chi connectivity index (χ3v) is 6.49. The first-order valence-corrected chi connectivity index (χ1v) is 10.0. The van der Waals surface area contributed by atoms with E-state index in [0.29, 0.717) is 12.0 Å². The van der Waals surface area contributed by atoms with Crippen molar-refractivity contribution in [3.05, 3.63) is 35.6 Å². The Hall–Kier alpha value is -1.46. The van der Waals surface area contributed by atoms with Crippen LogP contribution >= 0.6 is 0 Å². The molecule has 0 bridgehead atoms. The highest BCUT2D eigenvalue weighted by Crippen LogP contribution is 2.48. The van der Waals surface area contributed by atoms with Gasteiger partial charge in [-0.05, 0) is 75.2 Å². The van der Waals surface area contributed by atoms with E-state index in [-0.39, 0.29) is 11.7 Å². The topological polar surface area (TPSA) is 41.6 Å². The molecule has 26 heavy (non-hydrogen) atoms. The Morgan fingerprint density at radius 3 is 2.38 bits per heavy atom.